The van der Waals surface area contributed by atoms with Gasteiger partial charge in [0.25, 0.3) is 0 Å². The van der Waals surface area contributed by atoms with E-state index in [1.54, 1.807) is 13.8 Å². The summed E-state index contributed by atoms with van der Waals surface area (Å²) in [7, 11) is -7.12. The zero-order chi connectivity index (χ0) is 18.6. The topological polar surface area (TPSA) is 101 Å². The largest absolute Gasteiger partial charge is 0.360 e. The van der Waals surface area contributed by atoms with E-state index in [4.69, 9.17) is 4.52 Å². The summed E-state index contributed by atoms with van der Waals surface area (Å²) < 4.78 is 57.2. The van der Waals surface area contributed by atoms with Crippen LogP contribution in [-0.4, -0.2) is 74.4 Å². The molecule has 1 aromatic rings. The van der Waals surface area contributed by atoms with E-state index in [1.165, 1.54) is 4.31 Å². The van der Waals surface area contributed by atoms with Crippen LogP contribution in [0.15, 0.2) is 9.42 Å². The van der Waals surface area contributed by atoms with Crippen LogP contribution < -0.4 is 0 Å². The zero-order valence-electron chi connectivity index (χ0n) is 15.0. The minimum absolute atomic E-state index is 0.0119. The number of fused-ring (bicyclic) bond motifs is 1. The number of aromatic nitrogens is 1. The molecule has 2 aliphatic rings. The third kappa shape index (κ3) is 3.36. The van der Waals surface area contributed by atoms with Gasteiger partial charge in [0, 0.05) is 25.7 Å². The molecule has 1 aromatic heterocycles. The molecule has 3 heterocycles. The van der Waals surface area contributed by atoms with Crippen molar-refractivity contribution in [3.63, 3.8) is 0 Å². The van der Waals surface area contributed by atoms with Gasteiger partial charge < -0.3 is 4.52 Å². The normalized spacial score (nSPS) is 27.7. The highest BCUT2D eigenvalue weighted by atomic mass is 32.2. The number of rotatable bonds is 4. The summed E-state index contributed by atoms with van der Waals surface area (Å²) in [6.07, 6.45) is 0. The highest BCUT2D eigenvalue weighted by Gasteiger charge is 2.51. The molecule has 0 aliphatic carbocycles. The van der Waals surface area contributed by atoms with Crippen LogP contribution in [0.25, 0.3) is 0 Å². The fourth-order valence-electron chi connectivity index (χ4n) is 3.95. The van der Waals surface area contributed by atoms with Crippen molar-refractivity contribution in [2.24, 2.45) is 5.92 Å². The molecule has 25 heavy (non-hydrogen) atoms. The third-order valence-electron chi connectivity index (χ3n) is 4.87. The summed E-state index contributed by atoms with van der Waals surface area (Å²) in [5.41, 5.74) is 0.305. The van der Waals surface area contributed by atoms with E-state index in [0.29, 0.717) is 18.2 Å². The van der Waals surface area contributed by atoms with Gasteiger partial charge >= 0.3 is 0 Å². The molecule has 0 spiro atoms. The Balaban J connectivity index is 1.99. The fraction of sp³-hybridized carbons (Fsp3) is 0.800. The summed E-state index contributed by atoms with van der Waals surface area (Å²) in [6, 6.07) is -0.854. The van der Waals surface area contributed by atoms with Crippen LogP contribution in [-0.2, 0) is 19.9 Å². The molecule has 8 nitrogen and oxygen atoms in total. The first kappa shape index (κ1) is 18.8. The monoisotopic (exact) mass is 391 g/mol. The Hall–Kier alpha value is -0.970. The Bertz CT molecular complexity index is 840. The fourth-order valence-corrected chi connectivity index (χ4v) is 7.99. The molecule has 0 unspecified atom stereocenters. The standard InChI is InChI=1S/C15H25N3O5S2/c1-10(2)7-17-5-6-18(14-9-24(19,20)8-13(14)17)25(21,22)15-11(3)16-23-12(15)4/h10,13-14H,5-9H2,1-4H3/t13-,14+/m1/s1. The molecule has 0 bridgehead atoms. The first-order chi connectivity index (χ1) is 11.5. The number of sulfone groups is 1. The summed E-state index contributed by atoms with van der Waals surface area (Å²) in [6.45, 7) is 8.85. The number of nitrogens with zero attached hydrogens (tertiary/aromatic N) is 3. The van der Waals surface area contributed by atoms with Gasteiger partial charge in [-0.25, -0.2) is 16.8 Å². The molecule has 10 heteroatoms. The molecule has 3 rings (SSSR count). The summed E-state index contributed by atoms with van der Waals surface area (Å²) >= 11 is 0. The van der Waals surface area contributed by atoms with E-state index in [2.05, 4.69) is 23.9 Å². The minimum Gasteiger partial charge on any atom is -0.360 e. The van der Waals surface area contributed by atoms with E-state index >= 15 is 0 Å². The van der Waals surface area contributed by atoms with Crippen LogP contribution in [0.5, 0.6) is 0 Å². The lowest BCUT2D eigenvalue weighted by Gasteiger charge is -2.43. The molecular weight excluding hydrogens is 366 g/mol. The molecule has 0 radical (unpaired) electrons. The van der Waals surface area contributed by atoms with Crippen LogP contribution in [0.4, 0.5) is 0 Å². The van der Waals surface area contributed by atoms with Crippen molar-refractivity contribution in [1.82, 2.24) is 14.4 Å². The highest BCUT2D eigenvalue weighted by Crippen LogP contribution is 2.33. The van der Waals surface area contributed by atoms with Crippen LogP contribution in [0.1, 0.15) is 25.3 Å². The molecule has 0 aromatic carbocycles. The van der Waals surface area contributed by atoms with Gasteiger partial charge in [-0.3, -0.25) is 4.90 Å². The second-order valence-electron chi connectivity index (χ2n) is 7.37. The van der Waals surface area contributed by atoms with Gasteiger partial charge in [-0.2, -0.15) is 4.31 Å². The van der Waals surface area contributed by atoms with Crippen molar-refractivity contribution in [2.75, 3.05) is 31.1 Å². The lowest BCUT2D eigenvalue weighted by Crippen LogP contribution is -2.61. The van der Waals surface area contributed by atoms with Crippen molar-refractivity contribution in [3.8, 4) is 0 Å². The molecule has 0 saturated carbocycles. The molecule has 2 fully saturated rings. The lowest BCUT2D eigenvalue weighted by molar-refractivity contribution is 0.0849. The maximum Gasteiger partial charge on any atom is 0.248 e. The molecule has 2 saturated heterocycles. The Labute approximate surface area is 149 Å². The van der Waals surface area contributed by atoms with Gasteiger partial charge in [-0.05, 0) is 19.8 Å². The van der Waals surface area contributed by atoms with E-state index in [1.807, 2.05) is 0 Å². The van der Waals surface area contributed by atoms with Gasteiger partial charge in [0.2, 0.25) is 10.0 Å². The highest BCUT2D eigenvalue weighted by molar-refractivity contribution is 7.92. The summed E-state index contributed by atoms with van der Waals surface area (Å²) in [5, 5.41) is 3.74. The van der Waals surface area contributed by atoms with Crippen molar-refractivity contribution in [2.45, 2.75) is 44.7 Å². The van der Waals surface area contributed by atoms with Crippen molar-refractivity contribution in [3.05, 3.63) is 11.5 Å². The van der Waals surface area contributed by atoms with Gasteiger partial charge in [-0.15, -0.1) is 0 Å². The molecular formula is C15H25N3O5S2. The van der Waals surface area contributed by atoms with Gasteiger partial charge in [0.1, 0.15) is 10.6 Å². The zero-order valence-corrected chi connectivity index (χ0v) is 16.6. The Morgan fingerprint density at radius 2 is 1.84 bits per heavy atom. The maximum absolute atomic E-state index is 13.2. The van der Waals surface area contributed by atoms with Gasteiger partial charge in [0.15, 0.2) is 15.6 Å². The van der Waals surface area contributed by atoms with Gasteiger partial charge in [-0.1, -0.05) is 19.0 Å². The number of sulfonamides is 1. The molecule has 0 amide bonds. The Morgan fingerprint density at radius 3 is 2.40 bits per heavy atom. The minimum atomic E-state index is -3.85. The van der Waals surface area contributed by atoms with E-state index in [0.717, 1.165) is 6.54 Å². The Morgan fingerprint density at radius 1 is 1.20 bits per heavy atom. The van der Waals surface area contributed by atoms with Crippen molar-refractivity contribution >= 4 is 19.9 Å². The first-order valence-corrected chi connectivity index (χ1v) is 11.7. The predicted octanol–water partition coefficient (Wildman–Crippen LogP) is 0.419. The molecule has 0 N–H and O–H groups in total. The number of aryl methyl sites for hydroxylation is 2. The average Bonchev–Trinajstić information content (AvgIpc) is 2.97. The van der Waals surface area contributed by atoms with Crippen LogP contribution >= 0.6 is 0 Å². The maximum atomic E-state index is 13.2. The van der Waals surface area contributed by atoms with E-state index < -0.39 is 25.9 Å². The summed E-state index contributed by atoms with van der Waals surface area (Å²) in [4.78, 5) is 2.19. The smallest absolute Gasteiger partial charge is 0.248 e. The number of hydrogen-bond acceptors (Lipinski definition) is 7. The van der Waals surface area contributed by atoms with Crippen molar-refractivity contribution in [1.29, 1.82) is 0 Å². The number of hydrogen-bond donors (Lipinski definition) is 0. The SMILES string of the molecule is Cc1noc(C)c1S(=O)(=O)N1CCN(CC(C)C)[C@@H]2CS(=O)(=O)C[C@@H]21. The molecule has 142 valence electrons. The molecule has 2 atom stereocenters. The average molecular weight is 392 g/mol. The third-order valence-corrected chi connectivity index (χ3v) is 8.74. The van der Waals surface area contributed by atoms with Crippen LogP contribution in [0.3, 0.4) is 0 Å². The summed E-state index contributed by atoms with van der Waals surface area (Å²) in [5.74, 6) is 0.501. The second-order valence-corrected chi connectivity index (χ2v) is 11.4. The van der Waals surface area contributed by atoms with Crippen LogP contribution in [0.2, 0.25) is 0 Å². The second kappa shape index (κ2) is 6.33. The number of piperazine rings is 1. The van der Waals surface area contributed by atoms with E-state index in [-0.39, 0.29) is 34.7 Å². The van der Waals surface area contributed by atoms with Gasteiger partial charge in [0.05, 0.1) is 17.5 Å². The first-order valence-electron chi connectivity index (χ1n) is 8.42. The van der Waals surface area contributed by atoms with Crippen LogP contribution in [0, 0.1) is 19.8 Å². The lowest BCUT2D eigenvalue weighted by atomic mass is 10.1. The predicted molar refractivity (Wildman–Crippen MR) is 92.5 cm³/mol. The quantitative estimate of drug-likeness (QED) is 0.733. The van der Waals surface area contributed by atoms with Crippen molar-refractivity contribution < 1.29 is 21.4 Å². The Kier molecular flexibility index (Phi) is 4.76. The molecule has 2 aliphatic heterocycles. The van der Waals surface area contributed by atoms with E-state index in [9.17, 15) is 16.8 Å².